The van der Waals surface area contributed by atoms with Gasteiger partial charge in [0.1, 0.15) is 6.61 Å². The molecule has 1 amide bonds. The highest BCUT2D eigenvalue weighted by molar-refractivity contribution is 6.35. The summed E-state index contributed by atoms with van der Waals surface area (Å²) in [6.07, 6.45) is 1.63. The molecule has 5 nitrogen and oxygen atoms in total. The second kappa shape index (κ2) is 6.74. The van der Waals surface area contributed by atoms with Crippen molar-refractivity contribution in [1.29, 1.82) is 0 Å². The van der Waals surface area contributed by atoms with E-state index in [2.05, 4.69) is 10.3 Å². The molecule has 2 N–H and O–H groups in total. The molecule has 0 aliphatic carbocycles. The van der Waals surface area contributed by atoms with Gasteiger partial charge in [-0.05, 0) is 29.8 Å². The molecule has 0 spiro atoms. The molecular weight excluding hydrogens is 339 g/mol. The molecule has 0 unspecified atom stereocenters. The van der Waals surface area contributed by atoms with Crippen LogP contribution in [-0.2, 0) is 4.79 Å². The number of nitrogens with zero attached hydrogens (tertiary/aromatic N) is 1. The Bertz CT molecular complexity index is 739. The van der Waals surface area contributed by atoms with E-state index in [0.29, 0.717) is 28.1 Å². The molecule has 120 valence electrons. The van der Waals surface area contributed by atoms with Crippen molar-refractivity contribution in [3.05, 3.63) is 57.7 Å². The van der Waals surface area contributed by atoms with Crippen LogP contribution in [0, 0.1) is 0 Å². The van der Waals surface area contributed by atoms with Crippen molar-refractivity contribution in [2.75, 3.05) is 13.2 Å². The second-order valence-electron chi connectivity index (χ2n) is 5.17. The van der Waals surface area contributed by atoms with E-state index in [1.165, 1.54) is 0 Å². The molecule has 7 heteroatoms. The van der Waals surface area contributed by atoms with Gasteiger partial charge in [0, 0.05) is 21.8 Å². The number of carbonyl (C=O) groups excluding carboxylic acids is 1. The van der Waals surface area contributed by atoms with Crippen molar-refractivity contribution in [2.24, 2.45) is 0 Å². The lowest BCUT2D eigenvalue weighted by molar-refractivity contribution is -0.124. The molecule has 2 aromatic rings. The first-order valence-electron chi connectivity index (χ1n) is 7.04. The summed E-state index contributed by atoms with van der Waals surface area (Å²) in [5, 5.41) is 13.3. The van der Waals surface area contributed by atoms with Gasteiger partial charge in [-0.3, -0.25) is 4.79 Å². The third-order valence-electron chi connectivity index (χ3n) is 3.72. The maximum absolute atomic E-state index is 12.5. The van der Waals surface area contributed by atoms with Gasteiger partial charge in [-0.15, -0.1) is 0 Å². The first-order valence-corrected chi connectivity index (χ1v) is 7.79. The van der Waals surface area contributed by atoms with Gasteiger partial charge in [-0.25, -0.2) is 4.98 Å². The average Bonchev–Trinajstić information content (AvgIpc) is 2.93. The van der Waals surface area contributed by atoms with Crippen molar-refractivity contribution in [3.8, 4) is 5.88 Å². The van der Waals surface area contributed by atoms with Gasteiger partial charge in [-0.1, -0.05) is 29.3 Å². The molecule has 1 aliphatic heterocycles. The number of hydrogen-bond acceptors (Lipinski definition) is 4. The molecular formula is C16H14Cl2N2O3. The normalized spacial score (nSPS) is 17.3. The zero-order valence-corrected chi connectivity index (χ0v) is 13.5. The fourth-order valence-electron chi connectivity index (χ4n) is 2.54. The third kappa shape index (κ3) is 3.27. The van der Waals surface area contributed by atoms with Gasteiger partial charge in [0.25, 0.3) is 0 Å². The summed E-state index contributed by atoms with van der Waals surface area (Å²) < 4.78 is 5.44. The quantitative estimate of drug-likeness (QED) is 0.887. The van der Waals surface area contributed by atoms with Crippen molar-refractivity contribution < 1.29 is 14.6 Å². The number of benzene rings is 1. The van der Waals surface area contributed by atoms with Crippen LogP contribution < -0.4 is 10.1 Å². The molecule has 1 aliphatic rings. The number of ether oxygens (including phenoxy) is 1. The highest BCUT2D eigenvalue weighted by atomic mass is 35.5. The topological polar surface area (TPSA) is 71.5 Å². The largest absolute Gasteiger partial charge is 0.475 e. The molecule has 0 saturated heterocycles. The number of aliphatic hydroxyl groups excluding tert-OH is 1. The summed E-state index contributed by atoms with van der Waals surface area (Å²) in [7, 11) is 0. The molecule has 1 aromatic carbocycles. The van der Waals surface area contributed by atoms with E-state index in [1.807, 2.05) is 6.07 Å². The van der Waals surface area contributed by atoms with E-state index in [-0.39, 0.29) is 18.6 Å². The molecule has 0 bridgehead atoms. The van der Waals surface area contributed by atoms with Crippen LogP contribution in [0.15, 0.2) is 36.5 Å². The van der Waals surface area contributed by atoms with Crippen LogP contribution in [0.2, 0.25) is 10.0 Å². The third-order valence-corrected chi connectivity index (χ3v) is 4.28. The van der Waals surface area contributed by atoms with E-state index < -0.39 is 5.92 Å². The van der Waals surface area contributed by atoms with Gasteiger partial charge in [0.15, 0.2) is 0 Å². The number of carbonyl (C=O) groups is 1. The summed E-state index contributed by atoms with van der Waals surface area (Å²) in [5.41, 5.74) is 1.35. The summed E-state index contributed by atoms with van der Waals surface area (Å²) in [4.78, 5) is 16.6. The van der Waals surface area contributed by atoms with Gasteiger partial charge < -0.3 is 15.2 Å². The highest BCUT2D eigenvalue weighted by Gasteiger charge is 2.30. The van der Waals surface area contributed by atoms with Crippen LogP contribution in [0.4, 0.5) is 0 Å². The number of pyridine rings is 1. The van der Waals surface area contributed by atoms with E-state index in [1.54, 1.807) is 30.5 Å². The monoisotopic (exact) mass is 352 g/mol. The minimum atomic E-state index is -0.777. The Morgan fingerprint density at radius 2 is 2.26 bits per heavy atom. The number of fused-ring (bicyclic) bond motifs is 1. The lowest BCUT2D eigenvalue weighted by Gasteiger charge is -2.19. The maximum Gasteiger partial charge on any atom is 0.230 e. The minimum Gasteiger partial charge on any atom is -0.475 e. The number of hydrogen-bond donors (Lipinski definition) is 2. The molecule has 0 saturated carbocycles. The zero-order chi connectivity index (χ0) is 16.4. The number of amides is 1. The van der Waals surface area contributed by atoms with Crippen LogP contribution in [0.5, 0.6) is 5.88 Å². The van der Waals surface area contributed by atoms with Crippen molar-refractivity contribution in [1.82, 2.24) is 10.3 Å². The van der Waals surface area contributed by atoms with Crippen molar-refractivity contribution >= 4 is 29.1 Å². The molecule has 2 atom stereocenters. The van der Waals surface area contributed by atoms with E-state index in [4.69, 9.17) is 27.9 Å². The minimum absolute atomic E-state index is 0.300. The Morgan fingerprint density at radius 1 is 1.43 bits per heavy atom. The van der Waals surface area contributed by atoms with Gasteiger partial charge >= 0.3 is 0 Å². The first-order chi connectivity index (χ1) is 11.1. The first kappa shape index (κ1) is 16.1. The van der Waals surface area contributed by atoms with E-state index >= 15 is 0 Å². The number of rotatable bonds is 4. The molecule has 2 heterocycles. The molecule has 0 radical (unpaired) electrons. The number of aliphatic hydroxyl groups is 1. The van der Waals surface area contributed by atoms with Crippen molar-refractivity contribution in [3.63, 3.8) is 0 Å². The number of nitrogens with one attached hydrogen (secondary N) is 1. The number of aromatic nitrogens is 1. The second-order valence-corrected chi connectivity index (χ2v) is 6.01. The Kier molecular flexibility index (Phi) is 4.71. The Balaban J connectivity index is 1.79. The fraction of sp³-hybridized carbons (Fsp3) is 0.250. The van der Waals surface area contributed by atoms with Crippen LogP contribution in [-0.4, -0.2) is 29.2 Å². The Hall–Kier alpha value is -1.82. The average molecular weight is 353 g/mol. The van der Waals surface area contributed by atoms with Gasteiger partial charge in [0.2, 0.25) is 11.8 Å². The summed E-state index contributed by atoms with van der Waals surface area (Å²) >= 11 is 12.0. The predicted octanol–water partition coefficient (Wildman–Crippen LogP) is 2.71. The molecule has 1 aromatic heterocycles. The summed E-state index contributed by atoms with van der Waals surface area (Å²) in [5.74, 6) is -0.592. The van der Waals surface area contributed by atoms with Crippen LogP contribution in [0.1, 0.15) is 23.1 Å². The van der Waals surface area contributed by atoms with E-state index in [9.17, 15) is 9.90 Å². The standard InChI is InChI=1S/C16H14Cl2N2O3/c17-9-3-4-10(13(18)6-9)12(7-21)15(22)20-14-8-23-16-11(14)2-1-5-19-16/h1-6,12,14,21H,7-8H2,(H,20,22)/t12-,14+/m1/s1. The zero-order valence-electron chi connectivity index (χ0n) is 12.0. The van der Waals surface area contributed by atoms with Crippen molar-refractivity contribution in [2.45, 2.75) is 12.0 Å². The fourth-order valence-corrected chi connectivity index (χ4v) is 3.08. The highest BCUT2D eigenvalue weighted by Crippen LogP contribution is 2.32. The predicted molar refractivity (Wildman–Crippen MR) is 86.9 cm³/mol. The lowest BCUT2D eigenvalue weighted by Crippen LogP contribution is -2.35. The molecule has 23 heavy (non-hydrogen) atoms. The smallest absolute Gasteiger partial charge is 0.230 e. The molecule has 0 fully saturated rings. The van der Waals surface area contributed by atoms with Crippen LogP contribution in [0.3, 0.4) is 0 Å². The van der Waals surface area contributed by atoms with Crippen LogP contribution in [0.25, 0.3) is 0 Å². The molecule has 3 rings (SSSR count). The van der Waals surface area contributed by atoms with Gasteiger partial charge in [-0.2, -0.15) is 0 Å². The number of halogens is 2. The maximum atomic E-state index is 12.5. The van der Waals surface area contributed by atoms with Crippen LogP contribution >= 0.6 is 23.2 Å². The SMILES string of the molecule is O=C(N[C@H]1COc2ncccc21)[C@H](CO)c1ccc(Cl)cc1Cl. The van der Waals surface area contributed by atoms with Gasteiger partial charge in [0.05, 0.1) is 18.6 Å². The summed E-state index contributed by atoms with van der Waals surface area (Å²) in [6.45, 7) is -0.0504. The van der Waals surface area contributed by atoms with E-state index in [0.717, 1.165) is 5.56 Å². The Morgan fingerprint density at radius 3 is 3.00 bits per heavy atom. The lowest BCUT2D eigenvalue weighted by atomic mass is 9.98. The summed E-state index contributed by atoms with van der Waals surface area (Å²) in [6, 6.07) is 8.16. The Labute approximate surface area is 143 Å².